The molecule has 0 bridgehead atoms. The van der Waals surface area contributed by atoms with Crippen molar-refractivity contribution in [1.82, 2.24) is 10.6 Å². The highest BCUT2D eigenvalue weighted by atomic mass is 16.5. The minimum atomic E-state index is -0.0292. The molecule has 0 aliphatic heterocycles. The number of hydrogen-bond acceptors (Lipinski definition) is 5. The van der Waals surface area contributed by atoms with E-state index in [4.69, 9.17) is 19.3 Å². The number of nitrogens with zero attached hydrogens (tertiary/aromatic N) is 1. The molecule has 7 heteroatoms. The fourth-order valence-electron chi connectivity index (χ4n) is 3.36. The van der Waals surface area contributed by atoms with Crippen molar-refractivity contribution in [3.8, 4) is 11.5 Å². The first-order valence-electron chi connectivity index (χ1n) is 10.8. The molecule has 1 saturated carbocycles. The average Bonchev–Trinajstić information content (AvgIpc) is 2.76. The van der Waals surface area contributed by atoms with Crippen molar-refractivity contribution in [1.29, 1.82) is 0 Å². The number of rotatable bonds is 12. The van der Waals surface area contributed by atoms with Crippen molar-refractivity contribution in [3.63, 3.8) is 0 Å². The van der Waals surface area contributed by atoms with Crippen LogP contribution in [0.3, 0.4) is 0 Å². The summed E-state index contributed by atoms with van der Waals surface area (Å²) in [4.78, 5) is 4.66. The van der Waals surface area contributed by atoms with Gasteiger partial charge < -0.3 is 30.0 Å². The Balaban J connectivity index is 1.78. The molecule has 1 aliphatic rings. The predicted molar refractivity (Wildman–Crippen MR) is 116 cm³/mol. The molecule has 1 fully saturated rings. The van der Waals surface area contributed by atoms with E-state index in [1.807, 2.05) is 18.2 Å². The van der Waals surface area contributed by atoms with E-state index < -0.39 is 0 Å². The van der Waals surface area contributed by atoms with Gasteiger partial charge in [0, 0.05) is 19.7 Å². The molecule has 0 amide bonds. The van der Waals surface area contributed by atoms with E-state index in [1.54, 1.807) is 7.11 Å². The van der Waals surface area contributed by atoms with Gasteiger partial charge in [-0.05, 0) is 43.9 Å². The number of aliphatic hydroxyl groups is 1. The van der Waals surface area contributed by atoms with Crippen LogP contribution < -0.4 is 20.1 Å². The Labute approximate surface area is 174 Å². The van der Waals surface area contributed by atoms with E-state index in [1.165, 1.54) is 32.1 Å². The molecule has 0 heterocycles. The van der Waals surface area contributed by atoms with E-state index in [9.17, 15) is 0 Å². The fraction of sp³-hybridized carbons (Fsp3) is 0.682. The van der Waals surface area contributed by atoms with Crippen LogP contribution in [0.4, 0.5) is 0 Å². The van der Waals surface area contributed by atoms with E-state index in [2.05, 4.69) is 22.5 Å². The molecule has 3 N–H and O–H groups in total. The van der Waals surface area contributed by atoms with Crippen molar-refractivity contribution in [2.45, 2.75) is 58.1 Å². The third-order valence-electron chi connectivity index (χ3n) is 4.86. The Kier molecular flexibility index (Phi) is 11.3. The van der Waals surface area contributed by atoms with Crippen LogP contribution in [-0.4, -0.2) is 57.2 Å². The molecule has 164 valence electrons. The SMILES string of the molecule is CCNC(=NCc1ccc(OCCO)c(OC)c1)NCCCOC1CCCCC1. The number of methoxy groups -OCH3 is 1. The second-order valence-electron chi connectivity index (χ2n) is 7.16. The van der Waals surface area contributed by atoms with Crippen molar-refractivity contribution in [3.05, 3.63) is 23.8 Å². The first-order valence-corrected chi connectivity index (χ1v) is 10.8. The van der Waals surface area contributed by atoms with Gasteiger partial charge in [-0.3, -0.25) is 0 Å². The van der Waals surface area contributed by atoms with E-state index in [0.717, 1.165) is 37.6 Å². The van der Waals surface area contributed by atoms with E-state index in [0.29, 0.717) is 24.1 Å². The maximum atomic E-state index is 8.91. The van der Waals surface area contributed by atoms with Gasteiger partial charge in [-0.15, -0.1) is 0 Å². The monoisotopic (exact) mass is 407 g/mol. The van der Waals surface area contributed by atoms with Crippen molar-refractivity contribution in [2.75, 3.05) is 40.0 Å². The second-order valence-corrected chi connectivity index (χ2v) is 7.16. The molecule has 1 aromatic rings. The highest BCUT2D eigenvalue weighted by molar-refractivity contribution is 5.79. The lowest BCUT2D eigenvalue weighted by Gasteiger charge is -2.22. The number of hydrogen-bond donors (Lipinski definition) is 3. The molecule has 1 aromatic carbocycles. The number of aliphatic hydroxyl groups excluding tert-OH is 1. The van der Waals surface area contributed by atoms with E-state index in [-0.39, 0.29) is 13.2 Å². The maximum Gasteiger partial charge on any atom is 0.191 e. The molecule has 0 atom stereocenters. The quantitative estimate of drug-likeness (QED) is 0.281. The smallest absolute Gasteiger partial charge is 0.191 e. The number of benzene rings is 1. The largest absolute Gasteiger partial charge is 0.493 e. The van der Waals surface area contributed by atoms with Gasteiger partial charge in [0.05, 0.1) is 26.4 Å². The van der Waals surface area contributed by atoms with Crippen LogP contribution in [0.1, 0.15) is 51.0 Å². The lowest BCUT2D eigenvalue weighted by Crippen LogP contribution is -2.38. The van der Waals surface area contributed by atoms with Gasteiger partial charge in [-0.1, -0.05) is 25.3 Å². The highest BCUT2D eigenvalue weighted by Crippen LogP contribution is 2.28. The number of aliphatic imine (C=N–C) groups is 1. The number of ether oxygens (including phenoxy) is 3. The predicted octanol–water partition coefficient (Wildman–Crippen LogP) is 2.86. The maximum absolute atomic E-state index is 8.91. The Bertz CT molecular complexity index is 604. The van der Waals surface area contributed by atoms with E-state index >= 15 is 0 Å². The summed E-state index contributed by atoms with van der Waals surface area (Å²) in [5, 5.41) is 15.6. The Hall–Kier alpha value is -1.99. The zero-order chi connectivity index (χ0) is 20.7. The molecule has 0 saturated heterocycles. The summed E-state index contributed by atoms with van der Waals surface area (Å²) in [6.07, 6.45) is 7.82. The summed E-state index contributed by atoms with van der Waals surface area (Å²) in [6, 6.07) is 5.72. The minimum absolute atomic E-state index is 0.0292. The van der Waals surface area contributed by atoms with Crippen LogP contribution >= 0.6 is 0 Å². The molecule has 29 heavy (non-hydrogen) atoms. The van der Waals surface area contributed by atoms with Crippen LogP contribution in [0, 0.1) is 0 Å². The molecule has 0 spiro atoms. The summed E-state index contributed by atoms with van der Waals surface area (Å²) in [5.74, 6) is 2.06. The first kappa shape index (κ1) is 23.3. The van der Waals surface area contributed by atoms with Crippen LogP contribution in [0.25, 0.3) is 0 Å². The van der Waals surface area contributed by atoms with Gasteiger partial charge >= 0.3 is 0 Å². The minimum Gasteiger partial charge on any atom is -0.493 e. The fourth-order valence-corrected chi connectivity index (χ4v) is 3.36. The zero-order valence-corrected chi connectivity index (χ0v) is 17.9. The zero-order valence-electron chi connectivity index (χ0n) is 17.9. The molecular weight excluding hydrogens is 370 g/mol. The van der Waals surface area contributed by atoms with Gasteiger partial charge in [-0.25, -0.2) is 4.99 Å². The molecule has 0 radical (unpaired) electrons. The average molecular weight is 408 g/mol. The summed E-state index contributed by atoms with van der Waals surface area (Å²) >= 11 is 0. The molecule has 0 unspecified atom stereocenters. The van der Waals surface area contributed by atoms with Crippen LogP contribution in [-0.2, 0) is 11.3 Å². The van der Waals surface area contributed by atoms with Gasteiger partial charge in [0.15, 0.2) is 17.5 Å². The van der Waals surface area contributed by atoms with Crippen molar-refractivity contribution in [2.24, 2.45) is 4.99 Å². The summed E-state index contributed by atoms with van der Waals surface area (Å²) in [6.45, 7) is 5.23. The Morgan fingerprint density at radius 1 is 1.14 bits per heavy atom. The summed E-state index contributed by atoms with van der Waals surface area (Å²) < 4.78 is 16.8. The standard InChI is InChI=1S/C22H37N3O4/c1-3-23-22(24-12-7-14-28-19-8-5-4-6-9-19)25-17-18-10-11-20(29-15-13-26)21(16-18)27-2/h10-11,16,19,26H,3-9,12-15,17H2,1-2H3,(H2,23,24,25). The molecule has 7 nitrogen and oxygen atoms in total. The van der Waals surface area contributed by atoms with Gasteiger partial charge in [-0.2, -0.15) is 0 Å². The Morgan fingerprint density at radius 3 is 2.69 bits per heavy atom. The molecule has 2 rings (SSSR count). The third kappa shape index (κ3) is 8.92. The normalized spacial score (nSPS) is 15.2. The molecule has 0 aromatic heterocycles. The molecular formula is C22H37N3O4. The Morgan fingerprint density at radius 2 is 1.97 bits per heavy atom. The summed E-state index contributed by atoms with van der Waals surface area (Å²) in [7, 11) is 1.61. The topological polar surface area (TPSA) is 84.3 Å². The van der Waals surface area contributed by atoms with Crippen LogP contribution in [0.2, 0.25) is 0 Å². The lowest BCUT2D eigenvalue weighted by atomic mass is 9.98. The van der Waals surface area contributed by atoms with Gasteiger partial charge in [0.1, 0.15) is 6.61 Å². The first-order chi connectivity index (χ1) is 14.3. The van der Waals surface area contributed by atoms with Crippen molar-refractivity contribution >= 4 is 5.96 Å². The highest BCUT2D eigenvalue weighted by Gasteiger charge is 2.13. The second kappa shape index (κ2) is 14.1. The number of guanidine groups is 1. The number of nitrogens with one attached hydrogen (secondary N) is 2. The van der Waals surface area contributed by atoms with Gasteiger partial charge in [0.25, 0.3) is 0 Å². The van der Waals surface area contributed by atoms with Gasteiger partial charge in [0.2, 0.25) is 0 Å². The molecule has 1 aliphatic carbocycles. The van der Waals surface area contributed by atoms with Crippen LogP contribution in [0.15, 0.2) is 23.2 Å². The lowest BCUT2D eigenvalue weighted by molar-refractivity contribution is 0.0277. The van der Waals surface area contributed by atoms with Crippen molar-refractivity contribution < 1.29 is 19.3 Å². The third-order valence-corrected chi connectivity index (χ3v) is 4.86. The summed E-state index contributed by atoms with van der Waals surface area (Å²) in [5.41, 5.74) is 1.02. The van der Waals surface area contributed by atoms with Crippen LogP contribution in [0.5, 0.6) is 11.5 Å².